The van der Waals surface area contributed by atoms with Gasteiger partial charge in [0.25, 0.3) is 5.91 Å². The van der Waals surface area contributed by atoms with E-state index < -0.39 is 5.41 Å². The van der Waals surface area contributed by atoms with E-state index in [2.05, 4.69) is 46.5 Å². The predicted octanol–water partition coefficient (Wildman–Crippen LogP) is 4.54. The highest BCUT2D eigenvalue weighted by Crippen LogP contribution is 2.34. The molecule has 0 radical (unpaired) electrons. The summed E-state index contributed by atoms with van der Waals surface area (Å²) in [6, 6.07) is 0. The van der Waals surface area contributed by atoms with Crippen molar-refractivity contribution in [1.82, 2.24) is 0 Å². The van der Waals surface area contributed by atoms with E-state index in [9.17, 15) is 4.79 Å². The van der Waals surface area contributed by atoms with Gasteiger partial charge in [-0.2, -0.15) is 0 Å². The fourth-order valence-corrected chi connectivity index (χ4v) is 1.91. The summed E-state index contributed by atoms with van der Waals surface area (Å²) in [4.78, 5) is 16.4. The Hall–Kier alpha value is -0.310. The molecule has 0 aliphatic carbocycles. The summed E-state index contributed by atoms with van der Waals surface area (Å²) in [6.45, 7) is 18.4. The van der Waals surface area contributed by atoms with Gasteiger partial charge in [-0.25, -0.2) is 4.99 Å². The van der Waals surface area contributed by atoms with Gasteiger partial charge in [-0.05, 0) is 0 Å². The highest BCUT2D eigenvalue weighted by molar-refractivity contribution is 8.15. The SMILES string of the molecule is CC(C)(C)SC(=NC(=O)C(C)(C)C)C(C)(C)C. The molecule has 17 heavy (non-hydrogen) atoms. The number of carbonyl (C=O) groups excluding carboxylic acids is 1. The summed E-state index contributed by atoms with van der Waals surface area (Å²) in [5, 5.41) is 0.921. The van der Waals surface area contributed by atoms with E-state index in [0.29, 0.717) is 0 Å². The fraction of sp³-hybridized carbons (Fsp3) is 0.857. The Bertz CT molecular complexity index is 311. The van der Waals surface area contributed by atoms with E-state index in [-0.39, 0.29) is 16.1 Å². The third-order valence-corrected chi connectivity index (χ3v) is 3.40. The van der Waals surface area contributed by atoms with Gasteiger partial charge >= 0.3 is 0 Å². The van der Waals surface area contributed by atoms with Crippen molar-refractivity contribution in [1.29, 1.82) is 0 Å². The van der Waals surface area contributed by atoms with Crippen molar-refractivity contribution in [3.63, 3.8) is 0 Å². The van der Waals surface area contributed by atoms with Crippen LogP contribution >= 0.6 is 11.8 Å². The summed E-state index contributed by atoms with van der Waals surface area (Å²) in [7, 11) is 0. The Morgan fingerprint density at radius 3 is 1.47 bits per heavy atom. The molecule has 0 fully saturated rings. The molecule has 0 atom stereocenters. The Morgan fingerprint density at radius 2 is 1.24 bits per heavy atom. The van der Waals surface area contributed by atoms with Gasteiger partial charge in [0.2, 0.25) is 0 Å². The van der Waals surface area contributed by atoms with Crippen molar-refractivity contribution in [2.75, 3.05) is 0 Å². The van der Waals surface area contributed by atoms with Crippen LogP contribution in [0.25, 0.3) is 0 Å². The Balaban J connectivity index is 5.23. The van der Waals surface area contributed by atoms with Crippen LogP contribution in [0.4, 0.5) is 0 Å². The van der Waals surface area contributed by atoms with Gasteiger partial charge in [0.1, 0.15) is 0 Å². The van der Waals surface area contributed by atoms with Gasteiger partial charge in [0.15, 0.2) is 0 Å². The van der Waals surface area contributed by atoms with Gasteiger partial charge in [0, 0.05) is 15.6 Å². The van der Waals surface area contributed by atoms with Crippen LogP contribution in [-0.4, -0.2) is 15.7 Å². The van der Waals surface area contributed by atoms with Crippen LogP contribution in [0, 0.1) is 10.8 Å². The predicted molar refractivity (Wildman–Crippen MR) is 78.7 cm³/mol. The van der Waals surface area contributed by atoms with Crippen molar-refractivity contribution >= 4 is 22.7 Å². The van der Waals surface area contributed by atoms with E-state index >= 15 is 0 Å². The molecule has 0 N–H and O–H groups in total. The van der Waals surface area contributed by atoms with Crippen LogP contribution in [0.15, 0.2) is 4.99 Å². The average molecular weight is 257 g/mol. The highest BCUT2D eigenvalue weighted by Gasteiger charge is 2.29. The molecule has 1 amide bonds. The minimum atomic E-state index is -0.408. The Labute approximate surface area is 111 Å². The molecule has 0 aliphatic rings. The van der Waals surface area contributed by atoms with Crippen molar-refractivity contribution < 1.29 is 4.79 Å². The average Bonchev–Trinajstić information content (AvgIpc) is 1.96. The summed E-state index contributed by atoms with van der Waals surface area (Å²) in [5.41, 5.74) is -0.492. The number of amides is 1. The number of thioether (sulfide) groups is 1. The normalized spacial score (nSPS) is 15.0. The maximum atomic E-state index is 12.0. The second kappa shape index (κ2) is 5.13. The lowest BCUT2D eigenvalue weighted by Crippen LogP contribution is -2.27. The molecular formula is C14H27NOS. The molecule has 0 aromatic heterocycles. The zero-order valence-corrected chi connectivity index (χ0v) is 13.6. The van der Waals surface area contributed by atoms with E-state index in [0.717, 1.165) is 5.04 Å². The third kappa shape index (κ3) is 6.87. The molecule has 0 aliphatic heterocycles. The second-order valence-corrected chi connectivity index (χ2v) is 9.25. The topological polar surface area (TPSA) is 29.4 Å². The third-order valence-electron chi connectivity index (χ3n) is 1.89. The minimum absolute atomic E-state index is 0.0424. The van der Waals surface area contributed by atoms with Crippen molar-refractivity contribution in [2.24, 2.45) is 15.8 Å². The Morgan fingerprint density at radius 1 is 0.824 bits per heavy atom. The van der Waals surface area contributed by atoms with E-state index in [1.165, 1.54) is 0 Å². The summed E-state index contributed by atoms with van der Waals surface area (Å²) in [5.74, 6) is -0.0424. The zero-order chi connectivity index (χ0) is 14.1. The van der Waals surface area contributed by atoms with Crippen LogP contribution in [0.2, 0.25) is 0 Å². The first kappa shape index (κ1) is 16.7. The zero-order valence-electron chi connectivity index (χ0n) is 12.8. The second-order valence-electron chi connectivity index (χ2n) is 7.44. The number of nitrogens with zero attached hydrogens (tertiary/aromatic N) is 1. The van der Waals surface area contributed by atoms with Gasteiger partial charge in [-0.3, -0.25) is 4.79 Å². The van der Waals surface area contributed by atoms with Crippen LogP contribution < -0.4 is 0 Å². The first-order chi connectivity index (χ1) is 7.23. The number of rotatable bonds is 0. The largest absolute Gasteiger partial charge is 0.272 e. The van der Waals surface area contributed by atoms with Crippen LogP contribution in [0.5, 0.6) is 0 Å². The van der Waals surface area contributed by atoms with Crippen molar-refractivity contribution in [2.45, 2.75) is 67.1 Å². The van der Waals surface area contributed by atoms with Crippen LogP contribution in [0.3, 0.4) is 0 Å². The molecule has 100 valence electrons. The molecule has 3 heteroatoms. The quantitative estimate of drug-likeness (QED) is 0.471. The number of hydrogen-bond acceptors (Lipinski definition) is 2. The first-order valence-corrected chi connectivity index (χ1v) is 6.88. The molecule has 0 saturated heterocycles. The van der Waals surface area contributed by atoms with Crippen LogP contribution in [0.1, 0.15) is 62.3 Å². The number of hydrogen-bond donors (Lipinski definition) is 0. The minimum Gasteiger partial charge on any atom is -0.272 e. The molecule has 2 nitrogen and oxygen atoms in total. The lowest BCUT2D eigenvalue weighted by molar-refractivity contribution is -0.124. The van der Waals surface area contributed by atoms with Gasteiger partial charge < -0.3 is 0 Å². The monoisotopic (exact) mass is 257 g/mol. The van der Waals surface area contributed by atoms with Crippen LogP contribution in [-0.2, 0) is 4.79 Å². The molecule has 0 aromatic rings. The van der Waals surface area contributed by atoms with E-state index in [1.54, 1.807) is 11.8 Å². The molecule has 0 aromatic carbocycles. The molecule has 0 bridgehead atoms. The summed E-state index contributed by atoms with van der Waals surface area (Å²) >= 11 is 1.68. The molecule has 0 rings (SSSR count). The molecule has 0 saturated carbocycles. The highest BCUT2D eigenvalue weighted by atomic mass is 32.2. The standard InChI is InChI=1S/C14H27NOS/c1-12(2,3)10(16)15-11(13(4,5)6)17-14(7,8)9/h1-9H3. The lowest BCUT2D eigenvalue weighted by Gasteiger charge is -2.28. The summed E-state index contributed by atoms with van der Waals surface area (Å²) < 4.78 is 0.0737. The number of carbonyl (C=O) groups is 1. The van der Waals surface area contributed by atoms with E-state index in [4.69, 9.17) is 0 Å². The van der Waals surface area contributed by atoms with Crippen molar-refractivity contribution in [3.8, 4) is 0 Å². The van der Waals surface area contributed by atoms with Gasteiger partial charge in [0.05, 0.1) is 5.04 Å². The smallest absolute Gasteiger partial charge is 0.251 e. The first-order valence-electron chi connectivity index (χ1n) is 6.06. The number of aliphatic imine (C=N–C) groups is 1. The van der Waals surface area contributed by atoms with Crippen molar-refractivity contribution in [3.05, 3.63) is 0 Å². The van der Waals surface area contributed by atoms with Gasteiger partial charge in [-0.1, -0.05) is 62.3 Å². The maximum absolute atomic E-state index is 12.0. The molecule has 0 spiro atoms. The van der Waals surface area contributed by atoms with Gasteiger partial charge in [-0.15, -0.1) is 11.8 Å². The Kier molecular flexibility index (Phi) is 5.04. The summed E-state index contributed by atoms with van der Waals surface area (Å²) in [6.07, 6.45) is 0. The fourth-order valence-electron chi connectivity index (χ4n) is 0.894. The molecule has 0 unspecified atom stereocenters. The van der Waals surface area contributed by atoms with E-state index in [1.807, 2.05) is 20.8 Å². The molecule has 0 heterocycles. The lowest BCUT2D eigenvalue weighted by atomic mass is 9.95. The maximum Gasteiger partial charge on any atom is 0.251 e. The molecular weight excluding hydrogens is 230 g/mol.